The molecule has 0 radical (unpaired) electrons. The largest absolute Gasteiger partial charge is 0.481 e. The zero-order valence-electron chi connectivity index (χ0n) is 13.0. The predicted octanol–water partition coefficient (Wildman–Crippen LogP) is 3.23. The van der Waals surface area contributed by atoms with E-state index in [4.69, 9.17) is 16.7 Å². The van der Waals surface area contributed by atoms with E-state index in [9.17, 15) is 9.59 Å². The quantitative estimate of drug-likeness (QED) is 0.838. The Morgan fingerprint density at radius 3 is 2.55 bits per heavy atom. The van der Waals surface area contributed by atoms with E-state index in [0.29, 0.717) is 18.0 Å². The molecule has 1 aliphatic carbocycles. The number of halogens is 1. The van der Waals surface area contributed by atoms with Gasteiger partial charge in [-0.15, -0.1) is 0 Å². The van der Waals surface area contributed by atoms with Crippen molar-refractivity contribution in [3.8, 4) is 0 Å². The summed E-state index contributed by atoms with van der Waals surface area (Å²) in [5, 5.41) is 9.73. The summed E-state index contributed by atoms with van der Waals surface area (Å²) in [6.45, 7) is 3.83. The Morgan fingerprint density at radius 1 is 1.32 bits per heavy atom. The lowest BCUT2D eigenvalue weighted by molar-refractivity contribution is -0.144. The fraction of sp³-hybridized carbons (Fsp3) is 0.529. The highest BCUT2D eigenvalue weighted by atomic mass is 35.5. The van der Waals surface area contributed by atoms with E-state index in [1.54, 1.807) is 11.8 Å². The third kappa shape index (κ3) is 4.47. The molecule has 2 rings (SSSR count). The normalized spacial score (nSPS) is 16.9. The monoisotopic (exact) mass is 323 g/mol. The van der Waals surface area contributed by atoms with Crippen LogP contribution in [0.1, 0.15) is 32.3 Å². The first kappa shape index (κ1) is 16.8. The Bertz CT molecular complexity index is 557. The number of hydrogen-bond acceptors (Lipinski definition) is 2. The van der Waals surface area contributed by atoms with E-state index < -0.39 is 11.9 Å². The molecule has 0 saturated heterocycles. The van der Waals surface area contributed by atoms with Gasteiger partial charge < -0.3 is 10.0 Å². The SMILES string of the molecule is CC(CN(C(=O)C(C)Cc1cccc(Cl)c1)C1CC1)C(=O)O. The van der Waals surface area contributed by atoms with Crippen molar-refractivity contribution in [2.75, 3.05) is 6.54 Å². The molecule has 1 aromatic carbocycles. The summed E-state index contributed by atoms with van der Waals surface area (Å²) in [4.78, 5) is 25.5. The number of nitrogens with zero attached hydrogens (tertiary/aromatic N) is 1. The van der Waals surface area contributed by atoms with Crippen LogP contribution in [0.25, 0.3) is 0 Å². The number of carbonyl (C=O) groups excluding carboxylic acids is 1. The van der Waals surface area contributed by atoms with Crippen molar-refractivity contribution in [2.24, 2.45) is 11.8 Å². The average Bonchev–Trinajstić information content (AvgIpc) is 3.28. The first-order valence-electron chi connectivity index (χ1n) is 7.66. The van der Waals surface area contributed by atoms with Crippen molar-refractivity contribution in [1.82, 2.24) is 4.90 Å². The molecule has 1 amide bonds. The van der Waals surface area contributed by atoms with Crippen LogP contribution >= 0.6 is 11.6 Å². The topological polar surface area (TPSA) is 57.6 Å². The molecular weight excluding hydrogens is 302 g/mol. The number of carboxylic acids is 1. The van der Waals surface area contributed by atoms with E-state index in [0.717, 1.165) is 18.4 Å². The molecule has 5 heteroatoms. The van der Waals surface area contributed by atoms with Crippen LogP contribution in [0.5, 0.6) is 0 Å². The number of carboxylic acid groups (broad SMARTS) is 1. The molecule has 2 atom stereocenters. The van der Waals surface area contributed by atoms with Crippen LogP contribution in [-0.4, -0.2) is 34.5 Å². The third-order valence-corrected chi connectivity index (χ3v) is 4.25. The van der Waals surface area contributed by atoms with Crippen molar-refractivity contribution in [1.29, 1.82) is 0 Å². The summed E-state index contributed by atoms with van der Waals surface area (Å²) < 4.78 is 0. The first-order chi connectivity index (χ1) is 10.4. The second-order valence-electron chi connectivity index (χ2n) is 6.20. The van der Waals surface area contributed by atoms with Gasteiger partial charge in [0.15, 0.2) is 0 Å². The zero-order chi connectivity index (χ0) is 16.3. The lowest BCUT2D eigenvalue weighted by Crippen LogP contribution is -2.41. The van der Waals surface area contributed by atoms with E-state index in [1.807, 2.05) is 31.2 Å². The summed E-state index contributed by atoms with van der Waals surface area (Å²) in [5.41, 5.74) is 1.02. The van der Waals surface area contributed by atoms with Crippen molar-refractivity contribution in [2.45, 2.75) is 39.2 Å². The maximum absolute atomic E-state index is 12.7. The number of rotatable bonds is 7. The van der Waals surface area contributed by atoms with E-state index in [2.05, 4.69) is 0 Å². The molecule has 2 unspecified atom stereocenters. The molecule has 0 aromatic heterocycles. The molecule has 1 fully saturated rings. The van der Waals surface area contributed by atoms with Crippen molar-refractivity contribution < 1.29 is 14.7 Å². The van der Waals surface area contributed by atoms with Crippen LogP contribution in [0.3, 0.4) is 0 Å². The van der Waals surface area contributed by atoms with Crippen molar-refractivity contribution >= 4 is 23.5 Å². The Kier molecular flexibility index (Phi) is 5.46. The fourth-order valence-corrected chi connectivity index (χ4v) is 2.78. The number of aliphatic carboxylic acids is 1. The summed E-state index contributed by atoms with van der Waals surface area (Å²) in [7, 11) is 0. The molecule has 1 aromatic rings. The van der Waals surface area contributed by atoms with Gasteiger partial charge in [-0.1, -0.05) is 37.6 Å². The predicted molar refractivity (Wildman–Crippen MR) is 85.9 cm³/mol. The van der Waals surface area contributed by atoms with E-state index in [-0.39, 0.29) is 17.9 Å². The zero-order valence-corrected chi connectivity index (χ0v) is 13.7. The van der Waals surface area contributed by atoms with Gasteiger partial charge in [0.1, 0.15) is 0 Å². The highest BCUT2D eigenvalue weighted by molar-refractivity contribution is 6.30. The molecular formula is C17H22ClNO3. The number of benzene rings is 1. The number of amides is 1. The van der Waals surface area contributed by atoms with Gasteiger partial charge in [0.2, 0.25) is 5.91 Å². The average molecular weight is 324 g/mol. The smallest absolute Gasteiger partial charge is 0.308 e. The van der Waals surface area contributed by atoms with Gasteiger partial charge >= 0.3 is 5.97 Å². The molecule has 0 bridgehead atoms. The molecule has 4 nitrogen and oxygen atoms in total. The van der Waals surface area contributed by atoms with Gasteiger partial charge in [-0.25, -0.2) is 0 Å². The van der Waals surface area contributed by atoms with Gasteiger partial charge in [-0.05, 0) is 37.0 Å². The van der Waals surface area contributed by atoms with Gasteiger partial charge in [0.05, 0.1) is 5.92 Å². The summed E-state index contributed by atoms with van der Waals surface area (Å²) in [5.74, 6) is -1.54. The van der Waals surface area contributed by atoms with Gasteiger partial charge in [0.25, 0.3) is 0 Å². The third-order valence-electron chi connectivity index (χ3n) is 4.02. The summed E-state index contributed by atoms with van der Waals surface area (Å²) in [6.07, 6.45) is 2.56. The van der Waals surface area contributed by atoms with Gasteiger partial charge in [-0.2, -0.15) is 0 Å². The molecule has 1 N–H and O–H groups in total. The molecule has 0 aliphatic heterocycles. The Labute approximate surface area is 136 Å². The van der Waals surface area contributed by atoms with Crippen molar-refractivity contribution in [3.63, 3.8) is 0 Å². The second-order valence-corrected chi connectivity index (χ2v) is 6.63. The highest BCUT2D eigenvalue weighted by Crippen LogP contribution is 2.29. The minimum Gasteiger partial charge on any atom is -0.481 e. The Hall–Kier alpha value is -1.55. The number of hydrogen-bond donors (Lipinski definition) is 1. The lowest BCUT2D eigenvalue weighted by Gasteiger charge is -2.27. The van der Waals surface area contributed by atoms with E-state index >= 15 is 0 Å². The van der Waals surface area contributed by atoms with Crippen LogP contribution in [0, 0.1) is 11.8 Å². The molecule has 120 valence electrons. The maximum Gasteiger partial charge on any atom is 0.308 e. The second kappa shape index (κ2) is 7.14. The van der Waals surface area contributed by atoms with Crippen LogP contribution in [0.15, 0.2) is 24.3 Å². The highest BCUT2D eigenvalue weighted by Gasteiger charge is 2.36. The molecule has 0 spiro atoms. The van der Waals surface area contributed by atoms with Gasteiger partial charge in [-0.3, -0.25) is 9.59 Å². The Morgan fingerprint density at radius 2 is 2.00 bits per heavy atom. The summed E-state index contributed by atoms with van der Waals surface area (Å²) >= 11 is 5.97. The minimum absolute atomic E-state index is 0.0376. The fourth-order valence-electron chi connectivity index (χ4n) is 2.57. The van der Waals surface area contributed by atoms with Crippen LogP contribution in [0.2, 0.25) is 5.02 Å². The molecule has 1 saturated carbocycles. The first-order valence-corrected chi connectivity index (χ1v) is 8.04. The molecule has 22 heavy (non-hydrogen) atoms. The minimum atomic E-state index is -0.860. The standard InChI is InChI=1S/C17H22ClNO3/c1-11(8-13-4-3-5-14(18)9-13)16(20)19(15-6-7-15)10-12(2)17(21)22/h3-5,9,11-12,15H,6-8,10H2,1-2H3,(H,21,22). The van der Waals surface area contributed by atoms with Gasteiger partial charge in [0, 0.05) is 23.5 Å². The number of carbonyl (C=O) groups is 2. The van der Waals surface area contributed by atoms with Crippen LogP contribution < -0.4 is 0 Å². The van der Waals surface area contributed by atoms with Crippen molar-refractivity contribution in [3.05, 3.63) is 34.9 Å². The van der Waals surface area contributed by atoms with E-state index in [1.165, 1.54) is 0 Å². The lowest BCUT2D eigenvalue weighted by atomic mass is 9.99. The maximum atomic E-state index is 12.7. The Balaban J connectivity index is 2.01. The van der Waals surface area contributed by atoms with Crippen LogP contribution in [-0.2, 0) is 16.0 Å². The molecule has 0 heterocycles. The van der Waals surface area contributed by atoms with Crippen LogP contribution in [0.4, 0.5) is 0 Å². The molecule has 1 aliphatic rings. The summed E-state index contributed by atoms with van der Waals surface area (Å²) in [6, 6.07) is 7.72.